The predicted molar refractivity (Wildman–Crippen MR) is 90.1 cm³/mol. The van der Waals surface area contributed by atoms with Gasteiger partial charge in [0.2, 0.25) is 0 Å². The molecule has 0 unspecified atom stereocenters. The third kappa shape index (κ3) is 4.27. The molecular weight excluding hydrogens is 262 g/mol. The molecule has 0 amide bonds. The Morgan fingerprint density at radius 2 is 2.00 bits per heavy atom. The normalized spacial score (nSPS) is 17.2. The van der Waals surface area contributed by atoms with Gasteiger partial charge in [0, 0.05) is 13.6 Å². The number of nitrogens with two attached hydrogens (primary N) is 1. The lowest BCUT2D eigenvalue weighted by atomic mass is 9.96. The van der Waals surface area contributed by atoms with Crippen molar-refractivity contribution in [2.45, 2.75) is 32.8 Å². The molecule has 0 spiro atoms. The van der Waals surface area contributed by atoms with Crippen molar-refractivity contribution in [1.29, 1.82) is 0 Å². The maximum Gasteiger partial charge on any atom is 0.144 e. The first-order valence-electron chi connectivity index (χ1n) is 7.92. The number of benzene rings is 1. The Hall–Kier alpha value is -1.42. The van der Waals surface area contributed by atoms with E-state index < -0.39 is 0 Å². The molecule has 1 aromatic carbocycles. The number of para-hydroxylation sites is 1. The minimum absolute atomic E-state index is 0.140. The smallest absolute Gasteiger partial charge is 0.144 e. The van der Waals surface area contributed by atoms with Gasteiger partial charge in [0.15, 0.2) is 0 Å². The van der Waals surface area contributed by atoms with Gasteiger partial charge in [-0.1, -0.05) is 6.07 Å². The fourth-order valence-electron chi connectivity index (χ4n) is 2.95. The van der Waals surface area contributed by atoms with Gasteiger partial charge < -0.3 is 20.3 Å². The van der Waals surface area contributed by atoms with Gasteiger partial charge >= 0.3 is 0 Å². The van der Waals surface area contributed by atoms with Crippen LogP contribution < -0.4 is 15.4 Å². The number of rotatable bonds is 5. The quantitative estimate of drug-likeness (QED) is 0.847. The van der Waals surface area contributed by atoms with Crippen LogP contribution in [0.25, 0.3) is 0 Å². The van der Waals surface area contributed by atoms with Crippen LogP contribution in [0.15, 0.2) is 18.2 Å². The lowest BCUT2D eigenvalue weighted by Crippen LogP contribution is -2.35. The summed E-state index contributed by atoms with van der Waals surface area (Å²) in [4.78, 5) is 4.68. The number of ether oxygens (including phenoxy) is 1. The monoisotopic (exact) mass is 291 g/mol. The molecule has 4 heteroatoms. The summed E-state index contributed by atoms with van der Waals surface area (Å²) < 4.78 is 5.78. The van der Waals surface area contributed by atoms with Gasteiger partial charge in [-0.25, -0.2) is 0 Å². The Bertz CT molecular complexity index is 453. The Kier molecular flexibility index (Phi) is 5.34. The molecule has 1 aromatic rings. The first-order valence-corrected chi connectivity index (χ1v) is 7.92. The first-order chi connectivity index (χ1) is 9.97. The van der Waals surface area contributed by atoms with Crippen molar-refractivity contribution in [1.82, 2.24) is 4.90 Å². The number of hydrogen-bond donors (Lipinski definition) is 1. The molecule has 2 N–H and O–H groups in total. The topological polar surface area (TPSA) is 41.7 Å². The summed E-state index contributed by atoms with van der Waals surface area (Å²) in [7, 11) is 4.33. The number of nitrogen functional groups attached to an aromatic ring is 1. The molecule has 0 aromatic heterocycles. The highest BCUT2D eigenvalue weighted by Crippen LogP contribution is 2.33. The highest BCUT2D eigenvalue weighted by Gasteiger charge is 2.19. The second kappa shape index (κ2) is 7.03. The van der Waals surface area contributed by atoms with E-state index in [1.165, 1.54) is 25.9 Å². The van der Waals surface area contributed by atoms with Crippen molar-refractivity contribution >= 4 is 11.4 Å². The molecule has 0 radical (unpaired) electrons. The van der Waals surface area contributed by atoms with E-state index in [4.69, 9.17) is 10.5 Å². The second-order valence-electron chi connectivity index (χ2n) is 6.48. The van der Waals surface area contributed by atoms with Crippen LogP contribution in [0.2, 0.25) is 0 Å². The lowest BCUT2D eigenvalue weighted by molar-refractivity contribution is 0.222. The molecule has 2 rings (SSSR count). The molecule has 0 aliphatic carbocycles. The van der Waals surface area contributed by atoms with Gasteiger partial charge in [-0.05, 0) is 64.9 Å². The largest absolute Gasteiger partial charge is 0.489 e. The van der Waals surface area contributed by atoms with Crippen LogP contribution in [0.3, 0.4) is 0 Å². The standard InChI is InChI=1S/C17H29N3O/c1-13(2)21-16-7-5-6-15(17(16)18)20(4)12-14-8-10-19(3)11-9-14/h5-7,13-14H,8-12,18H2,1-4H3. The van der Waals surface area contributed by atoms with E-state index in [0.29, 0.717) is 0 Å². The maximum atomic E-state index is 6.28. The highest BCUT2D eigenvalue weighted by molar-refractivity contribution is 5.73. The van der Waals surface area contributed by atoms with Crippen LogP contribution >= 0.6 is 0 Å². The molecule has 118 valence electrons. The van der Waals surface area contributed by atoms with Crippen LogP contribution in [-0.2, 0) is 0 Å². The molecule has 1 aliphatic heterocycles. The van der Waals surface area contributed by atoms with Crippen molar-refractivity contribution in [3.63, 3.8) is 0 Å². The van der Waals surface area contributed by atoms with Gasteiger partial charge in [0.05, 0.1) is 17.5 Å². The summed E-state index contributed by atoms with van der Waals surface area (Å²) in [6, 6.07) is 6.05. The molecule has 0 bridgehead atoms. The van der Waals surface area contributed by atoms with Gasteiger partial charge in [0.25, 0.3) is 0 Å². The van der Waals surface area contributed by atoms with Crippen LogP contribution in [0.1, 0.15) is 26.7 Å². The van der Waals surface area contributed by atoms with E-state index in [-0.39, 0.29) is 6.10 Å². The van der Waals surface area contributed by atoms with E-state index >= 15 is 0 Å². The minimum Gasteiger partial charge on any atom is -0.489 e. The molecule has 1 aliphatic rings. The third-order valence-corrected chi connectivity index (χ3v) is 4.19. The van der Waals surface area contributed by atoms with Crippen molar-refractivity contribution in [2.24, 2.45) is 5.92 Å². The van der Waals surface area contributed by atoms with E-state index in [9.17, 15) is 0 Å². The molecule has 4 nitrogen and oxygen atoms in total. The number of nitrogens with zero attached hydrogens (tertiary/aromatic N) is 2. The summed E-state index contributed by atoms with van der Waals surface area (Å²) in [6.07, 6.45) is 2.67. The van der Waals surface area contributed by atoms with Crippen molar-refractivity contribution in [2.75, 3.05) is 44.4 Å². The lowest BCUT2D eigenvalue weighted by Gasteiger charge is -2.33. The zero-order chi connectivity index (χ0) is 15.4. The van der Waals surface area contributed by atoms with E-state index in [2.05, 4.69) is 30.0 Å². The van der Waals surface area contributed by atoms with E-state index in [1.807, 2.05) is 26.0 Å². The van der Waals surface area contributed by atoms with Crippen molar-refractivity contribution < 1.29 is 4.74 Å². The predicted octanol–water partition coefficient (Wildman–Crippen LogP) is 2.83. The minimum atomic E-state index is 0.140. The Balaban J connectivity index is 2.03. The summed E-state index contributed by atoms with van der Waals surface area (Å²) >= 11 is 0. The van der Waals surface area contributed by atoms with E-state index in [0.717, 1.165) is 29.6 Å². The van der Waals surface area contributed by atoms with Crippen LogP contribution in [0.5, 0.6) is 5.75 Å². The van der Waals surface area contributed by atoms with Gasteiger partial charge in [-0.2, -0.15) is 0 Å². The summed E-state index contributed by atoms with van der Waals surface area (Å²) in [5.74, 6) is 1.54. The SMILES string of the molecule is CC(C)Oc1cccc(N(C)CC2CCN(C)CC2)c1N. The fourth-order valence-corrected chi connectivity index (χ4v) is 2.95. The van der Waals surface area contributed by atoms with Crippen LogP contribution in [0.4, 0.5) is 11.4 Å². The van der Waals surface area contributed by atoms with Crippen molar-refractivity contribution in [3.8, 4) is 5.75 Å². The number of hydrogen-bond acceptors (Lipinski definition) is 4. The molecule has 21 heavy (non-hydrogen) atoms. The summed E-state index contributed by atoms with van der Waals surface area (Å²) in [5.41, 5.74) is 8.11. The van der Waals surface area contributed by atoms with Gasteiger partial charge in [-0.15, -0.1) is 0 Å². The maximum absolute atomic E-state index is 6.28. The molecular formula is C17H29N3O. The summed E-state index contributed by atoms with van der Waals surface area (Å²) in [6.45, 7) is 7.50. The fraction of sp³-hybridized carbons (Fsp3) is 0.647. The van der Waals surface area contributed by atoms with Crippen LogP contribution in [0, 0.1) is 5.92 Å². The third-order valence-electron chi connectivity index (χ3n) is 4.19. The summed E-state index contributed by atoms with van der Waals surface area (Å²) in [5, 5.41) is 0. The average Bonchev–Trinajstić information content (AvgIpc) is 2.43. The van der Waals surface area contributed by atoms with Gasteiger partial charge in [-0.3, -0.25) is 0 Å². The number of piperidine rings is 1. The zero-order valence-electron chi connectivity index (χ0n) is 13.8. The Morgan fingerprint density at radius 3 is 2.62 bits per heavy atom. The molecule has 0 saturated carbocycles. The molecule has 0 atom stereocenters. The Morgan fingerprint density at radius 1 is 1.33 bits per heavy atom. The zero-order valence-corrected chi connectivity index (χ0v) is 13.8. The first kappa shape index (κ1) is 16.0. The second-order valence-corrected chi connectivity index (χ2v) is 6.48. The van der Waals surface area contributed by atoms with Gasteiger partial charge in [0.1, 0.15) is 5.75 Å². The van der Waals surface area contributed by atoms with Crippen LogP contribution in [-0.4, -0.2) is 44.7 Å². The molecule has 1 fully saturated rings. The number of likely N-dealkylation sites (tertiary alicyclic amines) is 1. The Labute approximate surface area is 128 Å². The highest BCUT2D eigenvalue weighted by atomic mass is 16.5. The molecule has 1 saturated heterocycles. The number of anilines is 2. The van der Waals surface area contributed by atoms with Crippen molar-refractivity contribution in [3.05, 3.63) is 18.2 Å². The van der Waals surface area contributed by atoms with E-state index in [1.54, 1.807) is 0 Å². The molecule has 1 heterocycles. The average molecular weight is 291 g/mol.